The van der Waals surface area contributed by atoms with Crippen LogP contribution in [0.1, 0.15) is 0 Å². The van der Waals surface area contributed by atoms with Gasteiger partial charge < -0.3 is 10.3 Å². The van der Waals surface area contributed by atoms with E-state index < -0.39 is 11.9 Å². The fraction of sp³-hybridized carbons (Fsp3) is 0.333. The summed E-state index contributed by atoms with van der Waals surface area (Å²) in [7, 11) is 0. The van der Waals surface area contributed by atoms with Gasteiger partial charge in [-0.25, -0.2) is 10.5 Å². The van der Waals surface area contributed by atoms with Crippen LogP contribution in [-0.4, -0.2) is 26.7 Å². The van der Waals surface area contributed by atoms with E-state index in [1.807, 2.05) is 0 Å². The Morgan fingerprint density at radius 3 is 3.08 bits per heavy atom. The molecule has 0 aliphatic rings. The zero-order valence-corrected chi connectivity index (χ0v) is 6.34. The van der Waals surface area contributed by atoms with Gasteiger partial charge >= 0.3 is 0 Å². The molecule has 4 N–H and O–H groups in total. The van der Waals surface area contributed by atoms with E-state index in [4.69, 9.17) is 10.9 Å². The minimum Gasteiger partial charge on any atom is -0.335 e. The lowest BCUT2D eigenvalue weighted by Gasteiger charge is -2.08. The number of hydroxylamine groups is 1. The Morgan fingerprint density at radius 1 is 1.83 bits per heavy atom. The van der Waals surface area contributed by atoms with Crippen LogP contribution in [0.3, 0.4) is 0 Å². The van der Waals surface area contributed by atoms with Gasteiger partial charge in [0.2, 0.25) is 0 Å². The van der Waals surface area contributed by atoms with E-state index in [1.54, 1.807) is 23.3 Å². The van der Waals surface area contributed by atoms with Gasteiger partial charge in [0.05, 0.1) is 6.33 Å². The van der Waals surface area contributed by atoms with Gasteiger partial charge in [0.25, 0.3) is 5.91 Å². The first kappa shape index (κ1) is 8.69. The molecule has 12 heavy (non-hydrogen) atoms. The van der Waals surface area contributed by atoms with Crippen molar-refractivity contribution in [1.29, 1.82) is 0 Å². The zero-order valence-electron chi connectivity index (χ0n) is 6.34. The first-order valence-corrected chi connectivity index (χ1v) is 3.39. The van der Waals surface area contributed by atoms with Crippen molar-refractivity contribution in [2.24, 2.45) is 5.73 Å². The van der Waals surface area contributed by atoms with Crippen LogP contribution in [0.15, 0.2) is 18.7 Å². The smallest absolute Gasteiger partial charge is 0.262 e. The van der Waals surface area contributed by atoms with Crippen molar-refractivity contribution in [2.45, 2.75) is 12.6 Å². The van der Waals surface area contributed by atoms with Crippen LogP contribution in [0.4, 0.5) is 0 Å². The minimum absolute atomic E-state index is 0.298. The van der Waals surface area contributed by atoms with Gasteiger partial charge in [0.1, 0.15) is 6.04 Å². The molecule has 1 amide bonds. The van der Waals surface area contributed by atoms with Gasteiger partial charge in [-0.3, -0.25) is 10.0 Å². The van der Waals surface area contributed by atoms with Crippen molar-refractivity contribution < 1.29 is 10.0 Å². The van der Waals surface area contributed by atoms with E-state index in [1.165, 1.54) is 5.48 Å². The number of nitrogens with two attached hydrogens (primary N) is 1. The Kier molecular flexibility index (Phi) is 2.78. The summed E-state index contributed by atoms with van der Waals surface area (Å²) < 4.78 is 1.65. The number of carbonyl (C=O) groups excluding carboxylic acids is 1. The summed E-state index contributed by atoms with van der Waals surface area (Å²) in [6, 6.07) is -0.760. The second-order valence-electron chi connectivity index (χ2n) is 2.34. The van der Waals surface area contributed by atoms with E-state index in [9.17, 15) is 4.79 Å². The predicted octanol–water partition coefficient (Wildman–Crippen LogP) is -1.28. The topological polar surface area (TPSA) is 93.2 Å². The van der Waals surface area contributed by atoms with Crippen molar-refractivity contribution in [3.05, 3.63) is 18.7 Å². The van der Waals surface area contributed by atoms with Crippen molar-refractivity contribution in [1.82, 2.24) is 15.0 Å². The quantitative estimate of drug-likeness (QED) is 0.389. The lowest BCUT2D eigenvalue weighted by molar-refractivity contribution is -0.130. The molecule has 1 aromatic heterocycles. The molecule has 0 unspecified atom stereocenters. The molecule has 6 nitrogen and oxygen atoms in total. The molecule has 0 aliphatic carbocycles. The molecule has 0 saturated heterocycles. The van der Waals surface area contributed by atoms with Gasteiger partial charge in [0.15, 0.2) is 0 Å². The third-order valence-electron chi connectivity index (χ3n) is 1.41. The number of rotatable bonds is 3. The first-order chi connectivity index (χ1) is 5.74. The van der Waals surface area contributed by atoms with Crippen LogP contribution < -0.4 is 11.2 Å². The lowest BCUT2D eigenvalue weighted by Crippen LogP contribution is -2.41. The number of imidazole rings is 1. The second-order valence-corrected chi connectivity index (χ2v) is 2.34. The second kappa shape index (κ2) is 3.84. The summed E-state index contributed by atoms with van der Waals surface area (Å²) in [6.07, 6.45) is 4.82. The minimum atomic E-state index is -0.760. The number of amides is 1. The molecular weight excluding hydrogens is 160 g/mol. The first-order valence-electron chi connectivity index (χ1n) is 3.39. The molecule has 1 heterocycles. The van der Waals surface area contributed by atoms with Crippen molar-refractivity contribution >= 4 is 5.91 Å². The SMILES string of the molecule is N[C@@H](Cn1ccnc1)C(=O)NO. The summed E-state index contributed by atoms with van der Waals surface area (Å²) in [5, 5.41) is 8.23. The van der Waals surface area contributed by atoms with Gasteiger partial charge in [0, 0.05) is 18.9 Å². The monoisotopic (exact) mass is 170 g/mol. The highest BCUT2D eigenvalue weighted by Gasteiger charge is 2.11. The van der Waals surface area contributed by atoms with Crippen LogP contribution in [-0.2, 0) is 11.3 Å². The molecule has 66 valence electrons. The molecule has 0 aromatic carbocycles. The maximum absolute atomic E-state index is 10.7. The van der Waals surface area contributed by atoms with Gasteiger partial charge in [-0.15, -0.1) is 0 Å². The molecule has 0 fully saturated rings. The van der Waals surface area contributed by atoms with Gasteiger partial charge in [-0.2, -0.15) is 0 Å². The molecule has 1 rings (SSSR count). The highest BCUT2D eigenvalue weighted by Crippen LogP contribution is 1.89. The number of nitrogens with zero attached hydrogens (tertiary/aromatic N) is 2. The Bertz CT molecular complexity index is 246. The lowest BCUT2D eigenvalue weighted by atomic mass is 10.3. The predicted molar refractivity (Wildman–Crippen MR) is 40.1 cm³/mol. The highest BCUT2D eigenvalue weighted by molar-refractivity contribution is 5.80. The third-order valence-corrected chi connectivity index (χ3v) is 1.41. The molecular formula is C6H10N4O2. The Balaban J connectivity index is 2.47. The van der Waals surface area contributed by atoms with E-state index in [2.05, 4.69) is 4.98 Å². The summed E-state index contributed by atoms with van der Waals surface area (Å²) >= 11 is 0. The molecule has 0 bridgehead atoms. The van der Waals surface area contributed by atoms with Crippen LogP contribution in [0.25, 0.3) is 0 Å². The molecule has 0 saturated carbocycles. The summed E-state index contributed by atoms with van der Waals surface area (Å²) in [6.45, 7) is 0.298. The Hall–Kier alpha value is -1.40. The number of nitrogens with one attached hydrogen (secondary N) is 1. The maximum atomic E-state index is 10.7. The number of hydrogen-bond acceptors (Lipinski definition) is 4. The van der Waals surface area contributed by atoms with E-state index in [-0.39, 0.29) is 0 Å². The maximum Gasteiger partial charge on any atom is 0.262 e. The molecule has 0 radical (unpaired) electrons. The van der Waals surface area contributed by atoms with Crippen molar-refractivity contribution in [3.8, 4) is 0 Å². The van der Waals surface area contributed by atoms with Gasteiger partial charge in [-0.05, 0) is 0 Å². The third kappa shape index (κ3) is 2.04. The number of hydrogen-bond donors (Lipinski definition) is 3. The van der Waals surface area contributed by atoms with Crippen LogP contribution in [0.5, 0.6) is 0 Å². The van der Waals surface area contributed by atoms with E-state index in [0.717, 1.165) is 0 Å². The normalized spacial score (nSPS) is 12.5. The summed E-state index contributed by atoms with van der Waals surface area (Å²) in [4.78, 5) is 14.5. The number of carbonyl (C=O) groups is 1. The van der Waals surface area contributed by atoms with Crippen LogP contribution >= 0.6 is 0 Å². The average Bonchev–Trinajstić information content (AvgIpc) is 2.55. The number of aromatic nitrogens is 2. The standard InChI is InChI=1S/C6H10N4O2/c7-5(6(11)9-12)3-10-2-1-8-4-10/h1-2,4-5,12H,3,7H2,(H,9,11)/t5-/m0/s1. The average molecular weight is 170 g/mol. The Labute approximate surface area is 69.0 Å². The van der Waals surface area contributed by atoms with E-state index >= 15 is 0 Å². The molecule has 0 spiro atoms. The van der Waals surface area contributed by atoms with E-state index in [0.29, 0.717) is 6.54 Å². The fourth-order valence-electron chi connectivity index (χ4n) is 0.788. The summed E-state index contributed by atoms with van der Waals surface area (Å²) in [5.41, 5.74) is 6.88. The molecule has 1 aromatic rings. The Morgan fingerprint density at radius 2 is 2.58 bits per heavy atom. The van der Waals surface area contributed by atoms with Crippen molar-refractivity contribution in [2.75, 3.05) is 0 Å². The molecule has 0 aliphatic heterocycles. The van der Waals surface area contributed by atoms with Crippen LogP contribution in [0.2, 0.25) is 0 Å². The largest absolute Gasteiger partial charge is 0.335 e. The van der Waals surface area contributed by atoms with Crippen LogP contribution in [0, 0.1) is 0 Å². The fourth-order valence-corrected chi connectivity index (χ4v) is 0.788. The summed E-state index contributed by atoms with van der Waals surface area (Å²) in [5.74, 6) is -0.608. The zero-order chi connectivity index (χ0) is 8.97. The highest BCUT2D eigenvalue weighted by atomic mass is 16.5. The van der Waals surface area contributed by atoms with Crippen molar-refractivity contribution in [3.63, 3.8) is 0 Å². The molecule has 6 heteroatoms. The van der Waals surface area contributed by atoms with Gasteiger partial charge in [-0.1, -0.05) is 0 Å². The molecule has 1 atom stereocenters.